The molecular formula is C7H14BrN. The third kappa shape index (κ3) is 1.68. The molecule has 1 heterocycles. The fourth-order valence-electron chi connectivity index (χ4n) is 1.14. The van der Waals surface area contributed by atoms with Gasteiger partial charge >= 0.3 is 0 Å². The molecule has 0 aromatic carbocycles. The molecule has 0 bridgehead atoms. The molecule has 0 aromatic heterocycles. The third-order valence-electron chi connectivity index (χ3n) is 2.00. The van der Waals surface area contributed by atoms with Gasteiger partial charge in [-0.1, -0.05) is 29.8 Å². The van der Waals surface area contributed by atoms with Crippen LogP contribution in [0.3, 0.4) is 0 Å². The maximum absolute atomic E-state index is 3.67. The molecule has 0 saturated carbocycles. The summed E-state index contributed by atoms with van der Waals surface area (Å²) in [5.74, 6) is 0. The van der Waals surface area contributed by atoms with Crippen molar-refractivity contribution in [3.05, 3.63) is 0 Å². The van der Waals surface area contributed by atoms with Crippen LogP contribution in [0.1, 0.15) is 20.3 Å². The summed E-state index contributed by atoms with van der Waals surface area (Å²) in [6.45, 7) is 6.89. The number of rotatable bonds is 0. The summed E-state index contributed by atoms with van der Waals surface area (Å²) in [5.41, 5.74) is 0.443. The molecule has 0 amide bonds. The normalized spacial score (nSPS) is 34.3. The topological polar surface area (TPSA) is 12.0 Å². The van der Waals surface area contributed by atoms with Crippen LogP contribution >= 0.6 is 15.9 Å². The van der Waals surface area contributed by atoms with Crippen molar-refractivity contribution in [3.63, 3.8) is 0 Å². The van der Waals surface area contributed by atoms with E-state index in [0.717, 1.165) is 6.54 Å². The van der Waals surface area contributed by atoms with E-state index in [4.69, 9.17) is 0 Å². The summed E-state index contributed by atoms with van der Waals surface area (Å²) in [5, 5.41) is 3.38. The molecule has 1 fully saturated rings. The molecule has 54 valence electrons. The van der Waals surface area contributed by atoms with Crippen molar-refractivity contribution in [2.45, 2.75) is 25.1 Å². The minimum absolute atomic E-state index is 0.443. The van der Waals surface area contributed by atoms with Crippen LogP contribution in [0.2, 0.25) is 0 Å². The van der Waals surface area contributed by atoms with Gasteiger partial charge in [-0.3, -0.25) is 0 Å². The van der Waals surface area contributed by atoms with Crippen molar-refractivity contribution in [3.8, 4) is 0 Å². The van der Waals surface area contributed by atoms with Gasteiger partial charge in [-0.25, -0.2) is 0 Å². The Bertz CT molecular complexity index is 101. The molecule has 1 unspecified atom stereocenters. The summed E-state index contributed by atoms with van der Waals surface area (Å²) in [4.78, 5) is 0.700. The first-order valence-electron chi connectivity index (χ1n) is 3.48. The summed E-state index contributed by atoms with van der Waals surface area (Å²) in [7, 11) is 0. The van der Waals surface area contributed by atoms with Crippen molar-refractivity contribution < 1.29 is 0 Å². The lowest BCUT2D eigenvalue weighted by Crippen LogP contribution is -2.43. The van der Waals surface area contributed by atoms with Crippen molar-refractivity contribution in [2.75, 3.05) is 13.1 Å². The zero-order chi connectivity index (χ0) is 6.91. The fraction of sp³-hybridized carbons (Fsp3) is 1.00. The average Bonchev–Trinajstić information content (AvgIpc) is 1.77. The molecule has 1 N–H and O–H groups in total. The van der Waals surface area contributed by atoms with Crippen LogP contribution in [0.5, 0.6) is 0 Å². The molecule has 1 aliphatic rings. The monoisotopic (exact) mass is 191 g/mol. The number of halogens is 1. The van der Waals surface area contributed by atoms with E-state index >= 15 is 0 Å². The van der Waals surface area contributed by atoms with E-state index in [1.165, 1.54) is 13.0 Å². The molecule has 2 heteroatoms. The number of hydrogen-bond donors (Lipinski definition) is 1. The molecule has 9 heavy (non-hydrogen) atoms. The molecule has 0 spiro atoms. The molecule has 1 rings (SSSR count). The minimum Gasteiger partial charge on any atom is -0.316 e. The highest BCUT2D eigenvalue weighted by Gasteiger charge is 2.29. The maximum Gasteiger partial charge on any atom is 0.0221 e. The Hall–Kier alpha value is 0.440. The van der Waals surface area contributed by atoms with E-state index in [9.17, 15) is 0 Å². The zero-order valence-corrected chi connectivity index (χ0v) is 7.66. The summed E-state index contributed by atoms with van der Waals surface area (Å²) in [6, 6.07) is 0. The van der Waals surface area contributed by atoms with Gasteiger partial charge in [-0.2, -0.15) is 0 Å². The summed E-state index contributed by atoms with van der Waals surface area (Å²) < 4.78 is 0. The minimum atomic E-state index is 0.443. The van der Waals surface area contributed by atoms with E-state index in [2.05, 4.69) is 35.1 Å². The molecule has 0 aliphatic carbocycles. The second kappa shape index (κ2) is 2.59. The standard InChI is InChI=1S/C7H14BrN/c1-7(2)5-9-4-3-6(7)8/h6,9H,3-5H2,1-2H3. The highest BCUT2D eigenvalue weighted by Crippen LogP contribution is 2.30. The number of alkyl halides is 1. The van der Waals surface area contributed by atoms with Gasteiger partial charge in [-0.05, 0) is 18.4 Å². The Kier molecular flexibility index (Phi) is 2.17. The van der Waals surface area contributed by atoms with Crippen molar-refractivity contribution in [1.29, 1.82) is 0 Å². The van der Waals surface area contributed by atoms with Crippen LogP contribution in [-0.2, 0) is 0 Å². The molecule has 1 saturated heterocycles. The summed E-state index contributed by atoms with van der Waals surface area (Å²) >= 11 is 3.67. The Morgan fingerprint density at radius 2 is 2.22 bits per heavy atom. The first-order chi connectivity index (χ1) is 4.13. The molecule has 1 nitrogen and oxygen atoms in total. The van der Waals surface area contributed by atoms with Gasteiger partial charge in [0.05, 0.1) is 0 Å². The maximum atomic E-state index is 3.67. The Morgan fingerprint density at radius 3 is 2.56 bits per heavy atom. The molecule has 1 aliphatic heterocycles. The van der Waals surface area contributed by atoms with E-state index in [-0.39, 0.29) is 0 Å². The van der Waals surface area contributed by atoms with E-state index in [1.54, 1.807) is 0 Å². The fourth-order valence-corrected chi connectivity index (χ4v) is 1.53. The molecule has 0 aromatic rings. The highest BCUT2D eigenvalue weighted by molar-refractivity contribution is 9.09. The van der Waals surface area contributed by atoms with E-state index < -0.39 is 0 Å². The second-order valence-electron chi connectivity index (χ2n) is 3.42. The van der Waals surface area contributed by atoms with Crippen LogP contribution in [0.4, 0.5) is 0 Å². The largest absolute Gasteiger partial charge is 0.316 e. The first kappa shape index (κ1) is 7.55. The number of piperidine rings is 1. The van der Waals surface area contributed by atoms with Gasteiger partial charge in [-0.15, -0.1) is 0 Å². The van der Waals surface area contributed by atoms with Gasteiger partial charge in [0.25, 0.3) is 0 Å². The predicted molar refractivity (Wildman–Crippen MR) is 44.0 cm³/mol. The van der Waals surface area contributed by atoms with Crippen LogP contribution in [0.25, 0.3) is 0 Å². The lowest BCUT2D eigenvalue weighted by molar-refractivity contribution is 0.281. The average molecular weight is 192 g/mol. The van der Waals surface area contributed by atoms with Crippen molar-refractivity contribution >= 4 is 15.9 Å². The first-order valence-corrected chi connectivity index (χ1v) is 4.39. The molecular weight excluding hydrogens is 178 g/mol. The smallest absolute Gasteiger partial charge is 0.0221 e. The Balaban J connectivity index is 2.49. The molecule has 0 radical (unpaired) electrons. The van der Waals surface area contributed by atoms with Gasteiger partial charge in [0.2, 0.25) is 0 Å². The zero-order valence-electron chi connectivity index (χ0n) is 6.08. The van der Waals surface area contributed by atoms with Crippen molar-refractivity contribution in [1.82, 2.24) is 5.32 Å². The van der Waals surface area contributed by atoms with Crippen LogP contribution < -0.4 is 5.32 Å². The number of hydrogen-bond acceptors (Lipinski definition) is 1. The quantitative estimate of drug-likeness (QED) is 0.576. The van der Waals surface area contributed by atoms with Gasteiger partial charge in [0.1, 0.15) is 0 Å². The second-order valence-corrected chi connectivity index (χ2v) is 4.53. The third-order valence-corrected chi connectivity index (χ3v) is 3.70. The van der Waals surface area contributed by atoms with Gasteiger partial charge < -0.3 is 5.32 Å². The van der Waals surface area contributed by atoms with E-state index in [1.807, 2.05) is 0 Å². The lowest BCUT2D eigenvalue weighted by Gasteiger charge is -2.35. The van der Waals surface area contributed by atoms with Crippen molar-refractivity contribution in [2.24, 2.45) is 5.41 Å². The predicted octanol–water partition coefficient (Wildman–Crippen LogP) is 1.77. The molecule has 1 atom stereocenters. The Morgan fingerprint density at radius 1 is 1.56 bits per heavy atom. The van der Waals surface area contributed by atoms with Gasteiger partial charge in [0, 0.05) is 11.4 Å². The van der Waals surface area contributed by atoms with Gasteiger partial charge in [0.15, 0.2) is 0 Å². The SMILES string of the molecule is CC1(C)CNCCC1Br. The highest BCUT2D eigenvalue weighted by atomic mass is 79.9. The Labute approximate surface area is 65.3 Å². The number of nitrogens with one attached hydrogen (secondary N) is 1. The lowest BCUT2D eigenvalue weighted by atomic mass is 9.85. The van der Waals surface area contributed by atoms with Crippen LogP contribution in [0, 0.1) is 5.41 Å². The summed E-state index contributed by atoms with van der Waals surface area (Å²) in [6.07, 6.45) is 1.26. The van der Waals surface area contributed by atoms with E-state index in [0.29, 0.717) is 10.2 Å². The van der Waals surface area contributed by atoms with Crippen LogP contribution in [0.15, 0.2) is 0 Å². The van der Waals surface area contributed by atoms with Crippen LogP contribution in [-0.4, -0.2) is 17.9 Å².